The van der Waals surface area contributed by atoms with Crippen LogP contribution in [0.2, 0.25) is 0 Å². The molecule has 1 aromatic rings. The molecule has 1 atom stereocenters. The minimum absolute atomic E-state index is 0. The van der Waals surface area contributed by atoms with Gasteiger partial charge in [0.1, 0.15) is 0 Å². The number of halogens is 2. The molecule has 0 heterocycles. The Hall–Kier alpha value is -0.800. The molecule has 2 N–H and O–H groups in total. The van der Waals surface area contributed by atoms with E-state index in [-0.39, 0.29) is 24.3 Å². The maximum atomic E-state index is 13.6. The summed E-state index contributed by atoms with van der Waals surface area (Å²) in [5, 5.41) is 0. The van der Waals surface area contributed by atoms with Crippen molar-refractivity contribution in [2.45, 2.75) is 31.7 Å². The van der Waals surface area contributed by atoms with Gasteiger partial charge in [0.05, 0.1) is 6.61 Å². The third-order valence-electron chi connectivity index (χ3n) is 3.64. The Labute approximate surface area is 113 Å². The van der Waals surface area contributed by atoms with Crippen molar-refractivity contribution in [1.82, 2.24) is 0 Å². The average molecular weight is 272 g/mol. The Morgan fingerprint density at radius 2 is 2.00 bits per heavy atom. The lowest BCUT2D eigenvalue weighted by Gasteiger charge is -2.13. The third-order valence-corrected chi connectivity index (χ3v) is 3.64. The van der Waals surface area contributed by atoms with Gasteiger partial charge in [-0.1, -0.05) is 6.07 Å². The first-order valence-corrected chi connectivity index (χ1v) is 6.42. The molecule has 0 amide bonds. The monoisotopic (exact) mass is 271 g/mol. The van der Waals surface area contributed by atoms with Crippen LogP contribution in [0.15, 0.2) is 18.2 Å². The van der Waals surface area contributed by atoms with Gasteiger partial charge in [-0.2, -0.15) is 0 Å². The van der Waals surface area contributed by atoms with Crippen molar-refractivity contribution in [2.24, 2.45) is 17.6 Å². The number of benzene rings is 1. The second kappa shape index (κ2) is 5.45. The van der Waals surface area contributed by atoms with Crippen molar-refractivity contribution < 1.29 is 9.13 Å². The number of hydrogen-bond acceptors (Lipinski definition) is 2. The van der Waals surface area contributed by atoms with Gasteiger partial charge in [-0.3, -0.25) is 0 Å². The van der Waals surface area contributed by atoms with Gasteiger partial charge in [-0.25, -0.2) is 4.39 Å². The molecule has 0 bridgehead atoms. The highest BCUT2D eigenvalue weighted by Gasteiger charge is 2.30. The Balaban J connectivity index is 0.00000120. The molecule has 2 saturated carbocycles. The standard InChI is InChI=1S/C14H18FNO.ClH/c15-12-6-5-11(14(16)10-3-4-10)7-13(12)17-8-9-1-2-9;/h5-7,9-10,14H,1-4,8,16H2;1H. The summed E-state index contributed by atoms with van der Waals surface area (Å²) in [6.07, 6.45) is 4.80. The van der Waals surface area contributed by atoms with E-state index in [9.17, 15) is 4.39 Å². The molecule has 0 saturated heterocycles. The summed E-state index contributed by atoms with van der Waals surface area (Å²) in [4.78, 5) is 0. The van der Waals surface area contributed by atoms with Gasteiger partial charge in [-0.15, -0.1) is 12.4 Å². The van der Waals surface area contributed by atoms with Crippen LogP contribution < -0.4 is 10.5 Å². The van der Waals surface area contributed by atoms with Gasteiger partial charge in [0.15, 0.2) is 11.6 Å². The minimum Gasteiger partial charge on any atom is -0.490 e. The Morgan fingerprint density at radius 3 is 2.61 bits per heavy atom. The van der Waals surface area contributed by atoms with Gasteiger partial charge in [-0.05, 0) is 55.2 Å². The molecule has 0 spiro atoms. The molecule has 3 rings (SSSR count). The van der Waals surface area contributed by atoms with E-state index >= 15 is 0 Å². The number of ether oxygens (including phenoxy) is 1. The number of rotatable bonds is 5. The van der Waals surface area contributed by atoms with E-state index in [1.165, 1.54) is 31.7 Å². The molecule has 1 aromatic carbocycles. The van der Waals surface area contributed by atoms with Gasteiger partial charge in [0, 0.05) is 6.04 Å². The third kappa shape index (κ3) is 3.15. The summed E-state index contributed by atoms with van der Waals surface area (Å²) in [7, 11) is 0. The van der Waals surface area contributed by atoms with Gasteiger partial charge >= 0.3 is 0 Å². The smallest absolute Gasteiger partial charge is 0.165 e. The fraction of sp³-hybridized carbons (Fsp3) is 0.571. The van der Waals surface area contributed by atoms with Crippen molar-refractivity contribution in [3.8, 4) is 5.75 Å². The molecule has 0 radical (unpaired) electrons. The van der Waals surface area contributed by atoms with Crippen molar-refractivity contribution in [3.63, 3.8) is 0 Å². The first-order chi connectivity index (χ1) is 8.24. The van der Waals surface area contributed by atoms with Crippen LogP contribution in [-0.2, 0) is 0 Å². The predicted octanol–water partition coefficient (Wildman–Crippen LogP) is 3.45. The molecule has 1 unspecified atom stereocenters. The second-order valence-electron chi connectivity index (χ2n) is 5.31. The Kier molecular flexibility index (Phi) is 4.13. The molecule has 4 heteroatoms. The lowest BCUT2D eigenvalue weighted by molar-refractivity contribution is 0.284. The predicted molar refractivity (Wildman–Crippen MR) is 71.5 cm³/mol. The van der Waals surface area contributed by atoms with E-state index in [2.05, 4.69) is 0 Å². The molecular weight excluding hydrogens is 253 g/mol. The highest BCUT2D eigenvalue weighted by atomic mass is 35.5. The summed E-state index contributed by atoms with van der Waals surface area (Å²) >= 11 is 0. The molecule has 100 valence electrons. The maximum Gasteiger partial charge on any atom is 0.165 e. The molecule has 2 nitrogen and oxygen atoms in total. The van der Waals surface area contributed by atoms with Crippen LogP contribution in [0, 0.1) is 17.7 Å². The van der Waals surface area contributed by atoms with Crippen molar-refractivity contribution >= 4 is 12.4 Å². The average Bonchev–Trinajstić information content (AvgIpc) is 3.18. The zero-order valence-corrected chi connectivity index (χ0v) is 11.1. The zero-order chi connectivity index (χ0) is 11.8. The molecule has 0 aliphatic heterocycles. The Bertz CT molecular complexity index is 418. The van der Waals surface area contributed by atoms with Crippen molar-refractivity contribution in [1.29, 1.82) is 0 Å². The van der Waals surface area contributed by atoms with Crippen LogP contribution >= 0.6 is 12.4 Å². The topological polar surface area (TPSA) is 35.2 Å². The van der Waals surface area contributed by atoms with Crippen LogP contribution in [0.3, 0.4) is 0 Å². The van der Waals surface area contributed by atoms with Gasteiger partial charge in [0.25, 0.3) is 0 Å². The van der Waals surface area contributed by atoms with E-state index in [1.54, 1.807) is 12.1 Å². The van der Waals surface area contributed by atoms with Crippen LogP contribution in [0.25, 0.3) is 0 Å². The number of nitrogens with two attached hydrogens (primary N) is 1. The summed E-state index contributed by atoms with van der Waals surface area (Å²) in [6, 6.07) is 5.07. The van der Waals surface area contributed by atoms with Gasteiger partial charge in [0.2, 0.25) is 0 Å². The lowest BCUT2D eigenvalue weighted by atomic mass is 10.0. The van der Waals surface area contributed by atoms with Crippen molar-refractivity contribution in [2.75, 3.05) is 6.61 Å². The Morgan fingerprint density at radius 1 is 1.28 bits per heavy atom. The first kappa shape index (κ1) is 13.6. The van der Waals surface area contributed by atoms with Crippen LogP contribution in [0.5, 0.6) is 5.75 Å². The van der Waals surface area contributed by atoms with E-state index in [0.29, 0.717) is 24.2 Å². The van der Waals surface area contributed by atoms with Crippen LogP contribution in [0.4, 0.5) is 4.39 Å². The van der Waals surface area contributed by atoms with E-state index in [0.717, 1.165) is 5.56 Å². The molecule has 18 heavy (non-hydrogen) atoms. The minimum atomic E-state index is -0.280. The highest BCUT2D eigenvalue weighted by molar-refractivity contribution is 5.85. The summed E-state index contributed by atoms with van der Waals surface area (Å²) in [5.74, 6) is 1.30. The van der Waals surface area contributed by atoms with Crippen LogP contribution in [0.1, 0.15) is 37.3 Å². The fourth-order valence-electron chi connectivity index (χ4n) is 2.06. The molecule has 2 aliphatic carbocycles. The van der Waals surface area contributed by atoms with E-state index < -0.39 is 0 Å². The highest BCUT2D eigenvalue weighted by Crippen LogP contribution is 2.40. The molecule has 2 fully saturated rings. The van der Waals surface area contributed by atoms with Crippen molar-refractivity contribution in [3.05, 3.63) is 29.6 Å². The van der Waals surface area contributed by atoms with E-state index in [1.807, 2.05) is 0 Å². The normalized spacial score (nSPS) is 20.1. The largest absolute Gasteiger partial charge is 0.490 e. The van der Waals surface area contributed by atoms with E-state index in [4.69, 9.17) is 10.5 Å². The fourth-order valence-corrected chi connectivity index (χ4v) is 2.06. The summed E-state index contributed by atoms with van der Waals surface area (Å²) < 4.78 is 19.1. The number of hydrogen-bond donors (Lipinski definition) is 1. The molecule has 0 aromatic heterocycles. The quantitative estimate of drug-likeness (QED) is 0.890. The lowest BCUT2D eigenvalue weighted by Crippen LogP contribution is -2.13. The maximum absolute atomic E-state index is 13.6. The summed E-state index contributed by atoms with van der Waals surface area (Å²) in [6.45, 7) is 0.638. The zero-order valence-electron chi connectivity index (χ0n) is 10.3. The van der Waals surface area contributed by atoms with Gasteiger partial charge < -0.3 is 10.5 Å². The first-order valence-electron chi connectivity index (χ1n) is 6.42. The second-order valence-corrected chi connectivity index (χ2v) is 5.31. The van der Waals surface area contributed by atoms with Crippen LogP contribution in [-0.4, -0.2) is 6.61 Å². The molecular formula is C14H19ClFNO. The SMILES string of the molecule is Cl.NC(c1ccc(F)c(OCC2CC2)c1)C1CC1. The summed E-state index contributed by atoms with van der Waals surface area (Å²) in [5.41, 5.74) is 7.11. The molecule has 2 aliphatic rings.